The van der Waals surface area contributed by atoms with Gasteiger partial charge in [-0.1, -0.05) is 42.0 Å². The fourth-order valence-corrected chi connectivity index (χ4v) is 1.99. The Balaban J connectivity index is 2.47. The van der Waals surface area contributed by atoms with Gasteiger partial charge >= 0.3 is 5.97 Å². The molecule has 0 fully saturated rings. The molecule has 5 heteroatoms. The maximum absolute atomic E-state index is 11.9. The zero-order valence-electron chi connectivity index (χ0n) is 12.4. The SMILES string of the molecule is C=C(C)CN(CC)C(=O)COC(=O)Cc1ccccc1Cl. The van der Waals surface area contributed by atoms with Crippen molar-refractivity contribution in [1.29, 1.82) is 0 Å². The van der Waals surface area contributed by atoms with Gasteiger partial charge in [-0.3, -0.25) is 9.59 Å². The Bertz CT molecular complexity index is 528. The first-order valence-electron chi connectivity index (χ1n) is 6.75. The first-order valence-corrected chi connectivity index (χ1v) is 7.13. The van der Waals surface area contributed by atoms with E-state index in [-0.39, 0.29) is 18.9 Å². The second kappa shape index (κ2) is 8.47. The number of likely N-dealkylation sites (N-methyl/N-ethyl adjacent to an activating group) is 1. The molecule has 21 heavy (non-hydrogen) atoms. The van der Waals surface area contributed by atoms with Crippen LogP contribution in [0.3, 0.4) is 0 Å². The molecular formula is C16H20ClNO3. The van der Waals surface area contributed by atoms with E-state index in [0.717, 1.165) is 5.57 Å². The van der Waals surface area contributed by atoms with E-state index in [4.69, 9.17) is 16.3 Å². The summed E-state index contributed by atoms with van der Waals surface area (Å²) in [7, 11) is 0. The summed E-state index contributed by atoms with van der Waals surface area (Å²) in [4.78, 5) is 25.2. The van der Waals surface area contributed by atoms with Gasteiger partial charge in [0, 0.05) is 18.1 Å². The van der Waals surface area contributed by atoms with Crippen LogP contribution in [0.1, 0.15) is 19.4 Å². The van der Waals surface area contributed by atoms with Gasteiger partial charge in [-0.2, -0.15) is 0 Å². The van der Waals surface area contributed by atoms with Crippen molar-refractivity contribution in [2.24, 2.45) is 0 Å². The Morgan fingerprint density at radius 2 is 2.00 bits per heavy atom. The molecule has 0 N–H and O–H groups in total. The van der Waals surface area contributed by atoms with Crippen LogP contribution in [-0.2, 0) is 20.7 Å². The van der Waals surface area contributed by atoms with Crippen LogP contribution in [0, 0.1) is 0 Å². The molecule has 0 unspecified atom stereocenters. The zero-order valence-corrected chi connectivity index (χ0v) is 13.2. The molecule has 1 aromatic rings. The molecule has 0 aliphatic carbocycles. The number of hydrogen-bond donors (Lipinski definition) is 0. The number of benzene rings is 1. The smallest absolute Gasteiger partial charge is 0.310 e. The fourth-order valence-electron chi connectivity index (χ4n) is 1.78. The highest BCUT2D eigenvalue weighted by Gasteiger charge is 2.15. The van der Waals surface area contributed by atoms with Gasteiger partial charge in [-0.15, -0.1) is 0 Å². The molecule has 0 atom stereocenters. The van der Waals surface area contributed by atoms with E-state index >= 15 is 0 Å². The summed E-state index contributed by atoms with van der Waals surface area (Å²) in [5.41, 5.74) is 1.57. The van der Waals surface area contributed by atoms with E-state index in [1.807, 2.05) is 13.8 Å². The first kappa shape index (κ1) is 17.2. The fraction of sp³-hybridized carbons (Fsp3) is 0.375. The molecule has 0 saturated carbocycles. The molecule has 0 aromatic heterocycles. The summed E-state index contributed by atoms with van der Waals surface area (Å²) in [6, 6.07) is 7.05. The molecule has 114 valence electrons. The molecular weight excluding hydrogens is 290 g/mol. The van der Waals surface area contributed by atoms with Gasteiger partial charge in [0.05, 0.1) is 6.42 Å². The third-order valence-electron chi connectivity index (χ3n) is 2.84. The highest BCUT2D eigenvalue weighted by atomic mass is 35.5. The van der Waals surface area contributed by atoms with Crippen LogP contribution in [0.4, 0.5) is 0 Å². The summed E-state index contributed by atoms with van der Waals surface area (Å²) in [5.74, 6) is -0.698. The third-order valence-corrected chi connectivity index (χ3v) is 3.21. The quantitative estimate of drug-likeness (QED) is 0.575. The summed E-state index contributed by atoms with van der Waals surface area (Å²) in [6.45, 7) is 8.24. The molecule has 1 aromatic carbocycles. The second-order valence-electron chi connectivity index (χ2n) is 4.79. The normalized spacial score (nSPS) is 10.0. The van der Waals surface area contributed by atoms with Gasteiger partial charge in [0.1, 0.15) is 0 Å². The molecule has 4 nitrogen and oxygen atoms in total. The number of halogens is 1. The Hall–Kier alpha value is -1.81. The Labute approximate surface area is 130 Å². The number of nitrogens with zero attached hydrogens (tertiary/aromatic N) is 1. The predicted octanol–water partition coefficient (Wildman–Crippen LogP) is 2.85. The van der Waals surface area contributed by atoms with Crippen molar-refractivity contribution in [2.75, 3.05) is 19.7 Å². The van der Waals surface area contributed by atoms with Gasteiger partial charge in [0.15, 0.2) is 6.61 Å². The van der Waals surface area contributed by atoms with Gasteiger partial charge < -0.3 is 9.64 Å². The van der Waals surface area contributed by atoms with E-state index < -0.39 is 5.97 Å². The second-order valence-corrected chi connectivity index (χ2v) is 5.20. The third kappa shape index (κ3) is 6.00. The summed E-state index contributed by atoms with van der Waals surface area (Å²) in [5, 5.41) is 0.512. The van der Waals surface area contributed by atoms with Crippen molar-refractivity contribution >= 4 is 23.5 Å². The van der Waals surface area contributed by atoms with Gasteiger partial charge in [0.25, 0.3) is 5.91 Å². The monoisotopic (exact) mass is 309 g/mol. The summed E-state index contributed by atoms with van der Waals surface area (Å²) >= 11 is 5.97. The topological polar surface area (TPSA) is 46.6 Å². The largest absolute Gasteiger partial charge is 0.455 e. The van der Waals surface area contributed by atoms with Crippen molar-refractivity contribution in [3.63, 3.8) is 0 Å². The molecule has 0 heterocycles. The minimum Gasteiger partial charge on any atom is -0.455 e. The summed E-state index contributed by atoms with van der Waals surface area (Å²) in [6.07, 6.45) is 0.0551. The van der Waals surface area contributed by atoms with Gasteiger partial charge in [0.2, 0.25) is 0 Å². The van der Waals surface area contributed by atoms with E-state index in [1.54, 1.807) is 29.2 Å². The number of amides is 1. The van der Waals surface area contributed by atoms with Crippen molar-refractivity contribution in [2.45, 2.75) is 20.3 Å². The lowest BCUT2D eigenvalue weighted by Gasteiger charge is -2.20. The van der Waals surface area contributed by atoms with E-state index in [0.29, 0.717) is 23.7 Å². The van der Waals surface area contributed by atoms with Crippen LogP contribution < -0.4 is 0 Å². The minimum absolute atomic E-state index is 0.0551. The molecule has 1 rings (SSSR count). The molecule has 0 bridgehead atoms. The van der Waals surface area contributed by atoms with Crippen molar-refractivity contribution in [1.82, 2.24) is 4.90 Å². The number of carbonyl (C=O) groups excluding carboxylic acids is 2. The first-order chi connectivity index (χ1) is 9.93. The van der Waals surface area contributed by atoms with Crippen LogP contribution in [-0.4, -0.2) is 36.5 Å². The van der Waals surface area contributed by atoms with Crippen LogP contribution in [0.25, 0.3) is 0 Å². The molecule has 0 radical (unpaired) electrons. The number of rotatable bonds is 7. The molecule has 0 aliphatic rings. The number of ether oxygens (including phenoxy) is 1. The molecule has 1 amide bonds. The van der Waals surface area contributed by atoms with Crippen LogP contribution in [0.15, 0.2) is 36.4 Å². The number of esters is 1. The van der Waals surface area contributed by atoms with Crippen molar-refractivity contribution in [3.05, 3.63) is 47.0 Å². The maximum Gasteiger partial charge on any atom is 0.310 e. The highest BCUT2D eigenvalue weighted by Crippen LogP contribution is 2.15. The van der Waals surface area contributed by atoms with Gasteiger partial charge in [-0.05, 0) is 25.5 Å². The Morgan fingerprint density at radius 3 is 2.57 bits per heavy atom. The van der Waals surface area contributed by atoms with Crippen molar-refractivity contribution in [3.8, 4) is 0 Å². The van der Waals surface area contributed by atoms with Crippen molar-refractivity contribution < 1.29 is 14.3 Å². The molecule has 0 saturated heterocycles. The average Bonchev–Trinajstić information content (AvgIpc) is 2.44. The maximum atomic E-state index is 11.9. The minimum atomic E-state index is -0.470. The van der Waals surface area contributed by atoms with E-state index in [1.165, 1.54) is 0 Å². The molecule has 0 spiro atoms. The highest BCUT2D eigenvalue weighted by molar-refractivity contribution is 6.31. The lowest BCUT2D eigenvalue weighted by molar-refractivity contribution is -0.151. The number of carbonyl (C=O) groups is 2. The lowest BCUT2D eigenvalue weighted by Crippen LogP contribution is -2.35. The average molecular weight is 310 g/mol. The zero-order chi connectivity index (χ0) is 15.8. The predicted molar refractivity (Wildman–Crippen MR) is 83.2 cm³/mol. The Morgan fingerprint density at radius 1 is 1.33 bits per heavy atom. The summed E-state index contributed by atoms with van der Waals surface area (Å²) < 4.78 is 5.01. The van der Waals surface area contributed by atoms with E-state index in [9.17, 15) is 9.59 Å². The van der Waals surface area contributed by atoms with Crippen LogP contribution in [0.2, 0.25) is 5.02 Å². The van der Waals surface area contributed by atoms with Crippen LogP contribution >= 0.6 is 11.6 Å². The lowest BCUT2D eigenvalue weighted by atomic mass is 10.1. The standard InChI is InChI=1S/C16H20ClNO3/c1-4-18(10-12(2)3)15(19)11-21-16(20)9-13-7-5-6-8-14(13)17/h5-8H,2,4,9-11H2,1,3H3. The van der Waals surface area contributed by atoms with E-state index in [2.05, 4.69) is 6.58 Å². The molecule has 0 aliphatic heterocycles. The number of hydrogen-bond acceptors (Lipinski definition) is 3. The van der Waals surface area contributed by atoms with Gasteiger partial charge in [-0.25, -0.2) is 0 Å². The Kier molecular flexibility index (Phi) is 6.96. The van der Waals surface area contributed by atoms with Crippen LogP contribution in [0.5, 0.6) is 0 Å².